The molecule has 108 valence electrons. The maximum absolute atomic E-state index is 6.12. The van der Waals surface area contributed by atoms with E-state index < -0.39 is 0 Å². The van der Waals surface area contributed by atoms with Crippen molar-refractivity contribution in [3.8, 4) is 11.5 Å². The topological polar surface area (TPSA) is 30.5 Å². The number of nitrogens with one attached hydrogen (secondary N) is 1. The fourth-order valence-electron chi connectivity index (χ4n) is 4.01. The SMILES string of the molecule is Cc1c2c(c(C3CCCN3)c3c1OCCC3)OCCC2. The van der Waals surface area contributed by atoms with Gasteiger partial charge in [0.15, 0.2) is 0 Å². The molecule has 1 aromatic carbocycles. The van der Waals surface area contributed by atoms with E-state index in [9.17, 15) is 0 Å². The van der Waals surface area contributed by atoms with Crippen LogP contribution in [0.1, 0.15) is 54.0 Å². The average Bonchev–Trinajstić information content (AvgIpc) is 3.02. The average molecular weight is 273 g/mol. The highest BCUT2D eigenvalue weighted by atomic mass is 16.5. The Morgan fingerprint density at radius 1 is 0.950 bits per heavy atom. The minimum atomic E-state index is 0.470. The summed E-state index contributed by atoms with van der Waals surface area (Å²) in [6, 6.07) is 0.470. The van der Waals surface area contributed by atoms with Gasteiger partial charge in [-0.3, -0.25) is 0 Å². The van der Waals surface area contributed by atoms with Crippen molar-refractivity contribution in [1.29, 1.82) is 0 Å². The van der Waals surface area contributed by atoms with E-state index in [2.05, 4.69) is 12.2 Å². The maximum Gasteiger partial charge on any atom is 0.128 e. The van der Waals surface area contributed by atoms with Gasteiger partial charge in [-0.25, -0.2) is 0 Å². The molecule has 0 spiro atoms. The van der Waals surface area contributed by atoms with Crippen molar-refractivity contribution in [2.45, 2.75) is 51.5 Å². The molecule has 0 saturated carbocycles. The second-order valence-electron chi connectivity index (χ2n) is 6.21. The molecule has 3 aliphatic heterocycles. The van der Waals surface area contributed by atoms with Gasteiger partial charge in [-0.1, -0.05) is 0 Å². The molecule has 0 amide bonds. The van der Waals surface area contributed by atoms with E-state index in [0.717, 1.165) is 45.4 Å². The molecule has 0 aliphatic carbocycles. The number of hydrogen-bond acceptors (Lipinski definition) is 3. The number of ether oxygens (including phenoxy) is 2. The molecule has 1 saturated heterocycles. The fraction of sp³-hybridized carbons (Fsp3) is 0.647. The van der Waals surface area contributed by atoms with Crippen molar-refractivity contribution in [3.05, 3.63) is 22.3 Å². The lowest BCUT2D eigenvalue weighted by Crippen LogP contribution is -2.23. The van der Waals surface area contributed by atoms with Gasteiger partial charge in [0, 0.05) is 22.7 Å². The highest BCUT2D eigenvalue weighted by molar-refractivity contribution is 5.61. The Bertz CT molecular complexity index is 495. The first kappa shape index (κ1) is 12.5. The van der Waals surface area contributed by atoms with Gasteiger partial charge in [0.05, 0.1) is 13.2 Å². The van der Waals surface area contributed by atoms with Crippen LogP contribution in [0.3, 0.4) is 0 Å². The summed E-state index contributed by atoms with van der Waals surface area (Å²) in [6.45, 7) is 5.07. The van der Waals surface area contributed by atoms with Crippen molar-refractivity contribution < 1.29 is 9.47 Å². The van der Waals surface area contributed by atoms with Crippen LogP contribution in [0.2, 0.25) is 0 Å². The first-order chi connectivity index (χ1) is 9.86. The van der Waals surface area contributed by atoms with Crippen LogP contribution in [0.25, 0.3) is 0 Å². The Hall–Kier alpha value is -1.22. The van der Waals surface area contributed by atoms with Crippen LogP contribution in [0.5, 0.6) is 11.5 Å². The molecule has 1 atom stereocenters. The summed E-state index contributed by atoms with van der Waals surface area (Å²) >= 11 is 0. The highest BCUT2D eigenvalue weighted by Gasteiger charge is 2.32. The number of fused-ring (bicyclic) bond motifs is 2. The van der Waals surface area contributed by atoms with E-state index in [4.69, 9.17) is 9.47 Å². The van der Waals surface area contributed by atoms with Crippen LogP contribution in [0.15, 0.2) is 0 Å². The third-order valence-corrected chi connectivity index (χ3v) is 4.95. The van der Waals surface area contributed by atoms with Crippen LogP contribution >= 0.6 is 0 Å². The molecule has 0 bridgehead atoms. The largest absolute Gasteiger partial charge is 0.493 e. The van der Waals surface area contributed by atoms with Gasteiger partial charge in [0.1, 0.15) is 11.5 Å². The Labute approximate surface area is 120 Å². The molecular formula is C17H23NO2. The second kappa shape index (κ2) is 4.96. The zero-order valence-corrected chi connectivity index (χ0v) is 12.3. The Morgan fingerprint density at radius 3 is 2.45 bits per heavy atom. The summed E-state index contributed by atoms with van der Waals surface area (Å²) in [6.07, 6.45) is 7.03. The van der Waals surface area contributed by atoms with Crippen LogP contribution in [0, 0.1) is 6.92 Å². The standard InChI is InChI=1S/C17H23NO2/c1-11-12-5-3-10-20-17(12)15(14-7-2-8-18-14)13-6-4-9-19-16(11)13/h14,18H,2-10H2,1H3. The highest BCUT2D eigenvalue weighted by Crippen LogP contribution is 2.47. The van der Waals surface area contributed by atoms with Gasteiger partial charge in [-0.05, 0) is 57.6 Å². The molecule has 3 heterocycles. The monoisotopic (exact) mass is 273 g/mol. The predicted octanol–water partition coefficient (Wildman–Crippen LogP) is 3.07. The smallest absolute Gasteiger partial charge is 0.128 e. The molecule has 3 aliphatic rings. The first-order valence-electron chi connectivity index (χ1n) is 8.03. The van der Waals surface area contributed by atoms with Crippen LogP contribution in [-0.2, 0) is 12.8 Å². The lowest BCUT2D eigenvalue weighted by molar-refractivity contribution is 0.264. The Balaban J connectivity index is 1.93. The summed E-state index contributed by atoms with van der Waals surface area (Å²) in [5.41, 5.74) is 5.59. The molecule has 20 heavy (non-hydrogen) atoms. The first-order valence-corrected chi connectivity index (χ1v) is 8.03. The van der Waals surface area contributed by atoms with E-state index >= 15 is 0 Å². The maximum atomic E-state index is 6.12. The van der Waals surface area contributed by atoms with Crippen LogP contribution < -0.4 is 14.8 Å². The van der Waals surface area contributed by atoms with Gasteiger partial charge < -0.3 is 14.8 Å². The molecule has 1 aromatic rings. The molecule has 3 nitrogen and oxygen atoms in total. The summed E-state index contributed by atoms with van der Waals surface area (Å²) in [4.78, 5) is 0. The molecule has 4 rings (SSSR count). The summed E-state index contributed by atoms with van der Waals surface area (Å²) in [7, 11) is 0. The van der Waals surface area contributed by atoms with E-state index in [1.165, 1.54) is 46.6 Å². The molecular weight excluding hydrogens is 250 g/mol. The van der Waals surface area contributed by atoms with Crippen molar-refractivity contribution in [1.82, 2.24) is 5.32 Å². The minimum absolute atomic E-state index is 0.470. The van der Waals surface area contributed by atoms with Crippen molar-refractivity contribution in [2.75, 3.05) is 19.8 Å². The molecule has 0 aromatic heterocycles. The van der Waals surface area contributed by atoms with Crippen LogP contribution in [-0.4, -0.2) is 19.8 Å². The molecule has 1 fully saturated rings. The Morgan fingerprint density at radius 2 is 1.70 bits per heavy atom. The van der Waals surface area contributed by atoms with E-state index in [1.807, 2.05) is 0 Å². The quantitative estimate of drug-likeness (QED) is 0.853. The number of rotatable bonds is 1. The van der Waals surface area contributed by atoms with Gasteiger partial charge in [-0.15, -0.1) is 0 Å². The van der Waals surface area contributed by atoms with E-state index in [-0.39, 0.29) is 0 Å². The summed E-state index contributed by atoms with van der Waals surface area (Å²) in [5.74, 6) is 2.36. The van der Waals surface area contributed by atoms with Crippen molar-refractivity contribution >= 4 is 0 Å². The Kier molecular flexibility index (Phi) is 3.10. The zero-order valence-electron chi connectivity index (χ0n) is 12.3. The minimum Gasteiger partial charge on any atom is -0.493 e. The molecule has 0 radical (unpaired) electrons. The third-order valence-electron chi connectivity index (χ3n) is 4.95. The van der Waals surface area contributed by atoms with Crippen LogP contribution in [0.4, 0.5) is 0 Å². The summed E-state index contributed by atoms with van der Waals surface area (Å²) in [5, 5.41) is 3.66. The lowest BCUT2D eigenvalue weighted by Gasteiger charge is -2.32. The predicted molar refractivity (Wildman–Crippen MR) is 78.8 cm³/mol. The summed E-state index contributed by atoms with van der Waals surface area (Å²) < 4.78 is 12.2. The van der Waals surface area contributed by atoms with E-state index in [1.54, 1.807) is 0 Å². The second-order valence-corrected chi connectivity index (χ2v) is 6.21. The fourth-order valence-corrected chi connectivity index (χ4v) is 4.01. The van der Waals surface area contributed by atoms with E-state index in [0.29, 0.717) is 6.04 Å². The van der Waals surface area contributed by atoms with Gasteiger partial charge in [-0.2, -0.15) is 0 Å². The van der Waals surface area contributed by atoms with Crippen molar-refractivity contribution in [2.24, 2.45) is 0 Å². The lowest BCUT2D eigenvalue weighted by atomic mass is 9.86. The third kappa shape index (κ3) is 1.83. The molecule has 1 N–H and O–H groups in total. The number of benzene rings is 1. The number of hydrogen-bond donors (Lipinski definition) is 1. The molecule has 3 heteroatoms. The normalized spacial score (nSPS) is 24.6. The van der Waals surface area contributed by atoms with Gasteiger partial charge in [0.2, 0.25) is 0 Å². The zero-order chi connectivity index (χ0) is 13.5. The molecule has 1 unspecified atom stereocenters. The van der Waals surface area contributed by atoms with Crippen molar-refractivity contribution in [3.63, 3.8) is 0 Å². The van der Waals surface area contributed by atoms with Gasteiger partial charge in [0.25, 0.3) is 0 Å². The van der Waals surface area contributed by atoms with Gasteiger partial charge >= 0.3 is 0 Å².